The molecule has 1 amide bonds. The summed E-state index contributed by atoms with van der Waals surface area (Å²) < 4.78 is 12.4. The second-order valence-corrected chi connectivity index (χ2v) is 9.67. The number of benzene rings is 2. The number of nitrogens with zero attached hydrogens (tertiary/aromatic N) is 1. The van der Waals surface area contributed by atoms with Gasteiger partial charge in [-0.25, -0.2) is 4.98 Å². The SMILES string of the molecule is COc1ccc2c3c1OC1c4nc5cccc6c5c(c4CC4(O)[C@H](C2)NCC[C@]314)NC6=O. The van der Waals surface area contributed by atoms with Crippen LogP contribution in [-0.2, 0) is 18.3 Å². The largest absolute Gasteiger partial charge is 0.493 e. The molecule has 0 radical (unpaired) electrons. The van der Waals surface area contributed by atoms with E-state index in [-0.39, 0.29) is 11.9 Å². The van der Waals surface area contributed by atoms with Crippen LogP contribution in [0.5, 0.6) is 11.5 Å². The Morgan fingerprint density at radius 3 is 3.06 bits per heavy atom. The van der Waals surface area contributed by atoms with E-state index in [9.17, 15) is 9.90 Å². The minimum atomic E-state index is -1.05. The Hall–Kier alpha value is -3.16. The highest BCUT2D eigenvalue weighted by Gasteiger charge is 2.72. The number of hydrogen-bond donors (Lipinski definition) is 3. The topological polar surface area (TPSA) is 92.7 Å². The summed E-state index contributed by atoms with van der Waals surface area (Å²) in [6.07, 6.45) is 1.46. The number of ether oxygens (including phenoxy) is 2. The van der Waals surface area contributed by atoms with E-state index in [0.717, 1.165) is 58.5 Å². The van der Waals surface area contributed by atoms with Crippen LogP contribution in [0.3, 0.4) is 0 Å². The molecule has 4 heterocycles. The number of anilines is 1. The zero-order valence-electron chi connectivity index (χ0n) is 17.5. The number of piperidine rings is 1. The molecule has 1 spiro atoms. The molecule has 2 aliphatic carbocycles. The van der Waals surface area contributed by atoms with Gasteiger partial charge in [-0.1, -0.05) is 12.1 Å². The molecule has 7 nitrogen and oxygen atoms in total. The van der Waals surface area contributed by atoms with E-state index in [2.05, 4.69) is 16.7 Å². The van der Waals surface area contributed by atoms with Gasteiger partial charge in [-0.2, -0.15) is 0 Å². The van der Waals surface area contributed by atoms with Crippen LogP contribution in [0.15, 0.2) is 30.3 Å². The summed E-state index contributed by atoms with van der Waals surface area (Å²) in [5.41, 5.74) is 4.56. The Balaban J connectivity index is 1.49. The van der Waals surface area contributed by atoms with E-state index in [0.29, 0.717) is 17.7 Å². The zero-order valence-corrected chi connectivity index (χ0v) is 17.5. The normalized spacial score (nSPS) is 32.2. The number of amides is 1. The van der Waals surface area contributed by atoms with Crippen LogP contribution in [0.1, 0.15) is 45.3 Å². The fourth-order valence-electron chi connectivity index (χ4n) is 7.31. The van der Waals surface area contributed by atoms with Crippen molar-refractivity contribution in [3.05, 3.63) is 58.3 Å². The van der Waals surface area contributed by atoms with Gasteiger partial charge in [0.05, 0.1) is 40.6 Å². The minimum absolute atomic E-state index is 0.0995. The maximum absolute atomic E-state index is 12.7. The summed E-state index contributed by atoms with van der Waals surface area (Å²) in [7, 11) is 1.65. The van der Waals surface area contributed by atoms with Gasteiger partial charge in [-0.3, -0.25) is 4.79 Å². The number of aromatic nitrogens is 1. The monoisotopic (exact) mass is 427 g/mol. The summed E-state index contributed by atoms with van der Waals surface area (Å²) in [5.74, 6) is 1.31. The smallest absolute Gasteiger partial charge is 0.256 e. The van der Waals surface area contributed by atoms with Gasteiger partial charge < -0.3 is 25.2 Å². The summed E-state index contributed by atoms with van der Waals surface area (Å²) in [6.45, 7) is 0.805. The van der Waals surface area contributed by atoms with Crippen LogP contribution in [-0.4, -0.2) is 41.3 Å². The van der Waals surface area contributed by atoms with Crippen molar-refractivity contribution in [3.8, 4) is 11.5 Å². The molecule has 2 bridgehead atoms. The standard InChI is InChI=1S/C25H21N3O4/c1-31-15-6-5-11-9-16-25(30)10-13-19-17-12(23(29)28-19)3-2-4-14(17)27-20(13)22-24(25,7-8-26-16)18(11)21(15)32-22/h2-6,16,22,26,30H,7-10H2,1H3,(H,28,29)/t16-,22?,24-,25?/m0/s1. The number of carbonyl (C=O) groups excluding carboxylic acids is 1. The summed E-state index contributed by atoms with van der Waals surface area (Å²) in [6, 6.07) is 9.62. The maximum atomic E-state index is 12.7. The molecular weight excluding hydrogens is 406 g/mol. The van der Waals surface area contributed by atoms with Crippen molar-refractivity contribution in [3.63, 3.8) is 0 Å². The number of rotatable bonds is 1. The molecule has 8 rings (SSSR count). The molecular formula is C25H21N3O4. The molecule has 3 aliphatic heterocycles. The van der Waals surface area contributed by atoms with Gasteiger partial charge in [-0.15, -0.1) is 0 Å². The van der Waals surface area contributed by atoms with Crippen molar-refractivity contribution in [2.24, 2.45) is 0 Å². The second-order valence-electron chi connectivity index (χ2n) is 9.67. The van der Waals surface area contributed by atoms with Crippen LogP contribution in [0.2, 0.25) is 0 Å². The Morgan fingerprint density at radius 1 is 1.28 bits per heavy atom. The second kappa shape index (κ2) is 5.24. The highest BCUT2D eigenvalue weighted by atomic mass is 16.5. The summed E-state index contributed by atoms with van der Waals surface area (Å²) >= 11 is 0. The molecule has 4 atom stereocenters. The van der Waals surface area contributed by atoms with Crippen LogP contribution in [0.4, 0.5) is 5.69 Å². The quantitative estimate of drug-likeness (QED) is 0.552. The lowest BCUT2D eigenvalue weighted by atomic mass is 9.49. The molecule has 1 fully saturated rings. The fraction of sp³-hybridized carbons (Fsp3) is 0.360. The number of nitrogens with one attached hydrogen (secondary N) is 2. The van der Waals surface area contributed by atoms with E-state index >= 15 is 0 Å². The van der Waals surface area contributed by atoms with Crippen LogP contribution >= 0.6 is 0 Å². The first kappa shape index (κ1) is 17.4. The van der Waals surface area contributed by atoms with Crippen LogP contribution in [0.25, 0.3) is 10.9 Å². The first-order chi connectivity index (χ1) is 15.6. The van der Waals surface area contributed by atoms with Crippen molar-refractivity contribution >= 4 is 22.5 Å². The van der Waals surface area contributed by atoms with Crippen molar-refractivity contribution in [1.29, 1.82) is 0 Å². The molecule has 7 heteroatoms. The Morgan fingerprint density at radius 2 is 2.19 bits per heavy atom. The van der Waals surface area contributed by atoms with E-state index in [1.807, 2.05) is 24.3 Å². The van der Waals surface area contributed by atoms with E-state index in [1.54, 1.807) is 7.11 Å². The predicted molar refractivity (Wildman–Crippen MR) is 117 cm³/mol. The third-order valence-corrected chi connectivity index (χ3v) is 8.56. The lowest BCUT2D eigenvalue weighted by Gasteiger charge is -2.60. The lowest BCUT2D eigenvalue weighted by molar-refractivity contribution is -0.134. The fourth-order valence-corrected chi connectivity index (χ4v) is 7.31. The third-order valence-electron chi connectivity index (χ3n) is 8.56. The zero-order chi connectivity index (χ0) is 21.4. The molecule has 32 heavy (non-hydrogen) atoms. The molecule has 0 saturated carbocycles. The molecule has 2 unspecified atom stereocenters. The van der Waals surface area contributed by atoms with Crippen LogP contribution in [0, 0.1) is 0 Å². The molecule has 2 aromatic carbocycles. The Bertz CT molecular complexity index is 1420. The van der Waals surface area contributed by atoms with E-state index in [1.165, 1.54) is 5.56 Å². The molecule has 3 aromatic rings. The molecule has 5 aliphatic rings. The first-order valence-corrected chi connectivity index (χ1v) is 11.2. The van der Waals surface area contributed by atoms with Gasteiger partial charge in [-0.05, 0) is 43.1 Å². The first-order valence-electron chi connectivity index (χ1n) is 11.2. The van der Waals surface area contributed by atoms with Crippen molar-refractivity contribution in [2.45, 2.75) is 42.4 Å². The predicted octanol–water partition coefficient (Wildman–Crippen LogP) is 2.39. The average Bonchev–Trinajstić information content (AvgIpc) is 3.30. The minimum Gasteiger partial charge on any atom is -0.493 e. The number of aliphatic hydroxyl groups is 1. The summed E-state index contributed by atoms with van der Waals surface area (Å²) in [4.78, 5) is 17.8. The average molecular weight is 427 g/mol. The van der Waals surface area contributed by atoms with Crippen molar-refractivity contribution < 1.29 is 19.4 Å². The van der Waals surface area contributed by atoms with Crippen molar-refractivity contribution in [2.75, 3.05) is 19.0 Å². The van der Waals surface area contributed by atoms with Gasteiger partial charge in [0, 0.05) is 29.0 Å². The highest BCUT2D eigenvalue weighted by Crippen LogP contribution is 2.68. The number of methoxy groups -OCH3 is 1. The highest BCUT2D eigenvalue weighted by molar-refractivity contribution is 6.24. The van der Waals surface area contributed by atoms with E-state index < -0.39 is 17.1 Å². The number of fused-ring (bicyclic) bond motifs is 3. The molecule has 1 aromatic heterocycles. The van der Waals surface area contributed by atoms with Gasteiger partial charge in [0.15, 0.2) is 17.6 Å². The third kappa shape index (κ3) is 1.63. The summed E-state index contributed by atoms with van der Waals surface area (Å²) in [5, 5.41) is 20.0. The molecule has 1 saturated heterocycles. The Labute approximate surface area is 183 Å². The maximum Gasteiger partial charge on any atom is 0.256 e. The van der Waals surface area contributed by atoms with Crippen LogP contribution < -0.4 is 20.1 Å². The van der Waals surface area contributed by atoms with Gasteiger partial charge in [0.1, 0.15) is 0 Å². The van der Waals surface area contributed by atoms with Gasteiger partial charge >= 0.3 is 0 Å². The molecule has 160 valence electrons. The molecule has 3 N–H and O–H groups in total. The number of hydrogen-bond acceptors (Lipinski definition) is 6. The van der Waals surface area contributed by atoms with Gasteiger partial charge in [0.25, 0.3) is 5.91 Å². The van der Waals surface area contributed by atoms with Crippen molar-refractivity contribution in [1.82, 2.24) is 10.3 Å². The number of carbonyl (C=O) groups is 1. The van der Waals surface area contributed by atoms with E-state index in [4.69, 9.17) is 14.5 Å². The van der Waals surface area contributed by atoms with Gasteiger partial charge in [0.2, 0.25) is 0 Å². The number of pyridine rings is 1. The lowest BCUT2D eigenvalue weighted by Crippen LogP contribution is -2.74. The Kier molecular flexibility index (Phi) is 2.85.